The second-order valence-corrected chi connectivity index (χ2v) is 27.0. The van der Waals surface area contributed by atoms with Crippen LogP contribution in [0.3, 0.4) is 0 Å². The predicted octanol–water partition coefficient (Wildman–Crippen LogP) is 23.4. The molecule has 0 bridgehead atoms. The Kier molecular flexibility index (Phi) is 14.7. The summed E-state index contributed by atoms with van der Waals surface area (Å²) < 4.78 is 126. The smallest absolute Gasteiger partial charge is 0.216 e. The molecule has 0 aliphatic rings. The van der Waals surface area contributed by atoms with Gasteiger partial charge in [-0.25, -0.2) is 19.4 Å². The van der Waals surface area contributed by atoms with Gasteiger partial charge in [0.05, 0.1) is 48.5 Å². The average Bonchev–Trinajstić information content (AvgIpc) is 1.53. The highest BCUT2D eigenvalue weighted by Gasteiger charge is 2.29. The molecule has 0 aliphatic carbocycles. The molecule has 0 spiro atoms. The first-order chi connectivity index (χ1) is 54.5. The van der Waals surface area contributed by atoms with Crippen molar-refractivity contribution in [1.82, 2.24) is 0 Å². The Morgan fingerprint density at radius 2 is 0.663 bits per heavy atom. The first-order valence-electron chi connectivity index (χ1n) is 39.9. The van der Waals surface area contributed by atoms with E-state index in [0.29, 0.717) is 84.5 Å². The maximum absolute atomic E-state index is 7.78. The lowest BCUT2D eigenvalue weighted by Gasteiger charge is -2.10. The molecule has 12 nitrogen and oxygen atoms in total. The first kappa shape index (κ1) is 56.2. The summed E-state index contributed by atoms with van der Waals surface area (Å²) in [6.07, 6.45) is 0. The van der Waals surface area contributed by atoms with Gasteiger partial charge in [0.25, 0.3) is 0 Å². The summed E-state index contributed by atoms with van der Waals surface area (Å²) in [6.45, 7) is 43.9. The monoisotopic (exact) mass is 1380 g/mol. The van der Waals surface area contributed by atoms with Crippen LogP contribution in [0.2, 0.25) is 0 Å². The van der Waals surface area contributed by atoms with Gasteiger partial charge >= 0.3 is 0 Å². The van der Waals surface area contributed by atoms with Crippen molar-refractivity contribution in [2.45, 2.75) is 110 Å². The van der Waals surface area contributed by atoms with Crippen molar-refractivity contribution in [3.05, 3.63) is 281 Å². The zero-order valence-corrected chi connectivity index (χ0v) is 61.1. The van der Waals surface area contributed by atoms with Crippen molar-refractivity contribution in [2.24, 2.45) is 28.2 Å². The van der Waals surface area contributed by atoms with Crippen molar-refractivity contribution in [1.29, 1.82) is 0 Å². The van der Waals surface area contributed by atoms with E-state index in [-0.39, 0.29) is 0 Å². The summed E-state index contributed by atoms with van der Waals surface area (Å²) in [5.41, 5.74) is 27.5. The molecule has 0 unspecified atom stereocenters. The number of fused-ring (bicyclic) bond motifs is 12. The van der Waals surface area contributed by atoms with Crippen LogP contribution in [0.25, 0.3) is 152 Å². The Balaban J connectivity index is 0.000000135. The van der Waals surface area contributed by atoms with Gasteiger partial charge in [-0.3, -0.25) is 0 Å². The molecule has 0 saturated carbocycles. The topological polar surface area (TPSA) is 85.5 Å². The highest BCUT2D eigenvalue weighted by atomic mass is 16.3. The number of hydrogen-bond acceptors (Lipinski definition) is 4. The largest absolute Gasteiger partial charge is 0.456 e. The van der Waals surface area contributed by atoms with E-state index in [4.69, 9.17) is 60.4 Å². The lowest BCUT2D eigenvalue weighted by molar-refractivity contribution is -0.667. The Morgan fingerprint density at radius 1 is 0.279 bits per heavy atom. The molecule has 8 aromatic carbocycles. The van der Waals surface area contributed by atoms with E-state index in [1.54, 1.807) is 48.5 Å². The molecule has 8 heterocycles. The van der Waals surface area contributed by atoms with E-state index in [1.165, 1.54) is 0 Å². The van der Waals surface area contributed by atoms with Crippen molar-refractivity contribution in [3.63, 3.8) is 0 Å². The third-order valence-corrected chi connectivity index (χ3v) is 20.8. The fourth-order valence-electron chi connectivity index (χ4n) is 14.4. The van der Waals surface area contributed by atoms with E-state index in [9.17, 15) is 0 Å². The molecule has 0 atom stereocenters. The highest BCUT2D eigenvalue weighted by Crippen LogP contribution is 2.45. The number of benzene rings is 8. The highest BCUT2D eigenvalue weighted by molar-refractivity contribution is 6.15. The molecule has 8 aromatic heterocycles. The van der Waals surface area contributed by atoms with Crippen LogP contribution >= 0.6 is 0 Å². The number of furan rings is 4. The lowest BCUT2D eigenvalue weighted by atomic mass is 9.96. The van der Waals surface area contributed by atoms with Crippen LogP contribution in [-0.4, -0.2) is 0 Å². The van der Waals surface area contributed by atoms with E-state index < -0.39 is 27.4 Å². The molecule has 0 radical (unpaired) electrons. The quantitative estimate of drug-likeness (QED) is 0.130. The van der Waals surface area contributed by atoms with Gasteiger partial charge in [0.2, 0.25) is 22.8 Å². The van der Waals surface area contributed by atoms with Crippen LogP contribution in [-0.2, 0) is 28.2 Å². The van der Waals surface area contributed by atoms with Crippen LogP contribution in [0.15, 0.2) is 163 Å². The van der Waals surface area contributed by atoms with Crippen molar-refractivity contribution >= 4 is 111 Å². The molecule has 16 rings (SSSR count). The van der Waals surface area contributed by atoms with Gasteiger partial charge in [-0.1, -0.05) is 78.9 Å². The third kappa shape index (κ3) is 11.7. The minimum atomic E-state index is -2.16. The summed E-state index contributed by atoms with van der Waals surface area (Å²) in [7, 11) is 7.51. The van der Waals surface area contributed by atoms with E-state index >= 15 is 0 Å². The molecule has 104 heavy (non-hydrogen) atoms. The number of hydrogen-bond donors (Lipinski definition) is 0. The van der Waals surface area contributed by atoms with Gasteiger partial charge in [-0.15, -0.1) is 0 Å². The third-order valence-electron chi connectivity index (χ3n) is 20.8. The van der Waals surface area contributed by atoms with E-state index in [0.717, 1.165) is 161 Å². The number of rotatable bonds is 4. The Bertz CT molecular complexity index is 6930. The fourth-order valence-corrected chi connectivity index (χ4v) is 14.4. The lowest BCUT2D eigenvalue weighted by Crippen LogP contribution is -2.35. The van der Waals surface area contributed by atoms with Crippen molar-refractivity contribution < 1.29 is 52.4 Å². The Morgan fingerprint density at radius 3 is 1.15 bits per heavy atom. The molecular weight excluding hydrogens is 1280 g/mol. The minimum Gasteiger partial charge on any atom is -0.456 e. The summed E-state index contributed by atoms with van der Waals surface area (Å²) >= 11 is 0. The molecule has 0 fully saturated rings. The predicted molar refractivity (Wildman–Crippen MR) is 422 cm³/mol. The zero-order valence-electron chi connectivity index (χ0n) is 73.1. The van der Waals surface area contributed by atoms with Gasteiger partial charge in [0.1, 0.15) is 72.9 Å². The summed E-state index contributed by atoms with van der Waals surface area (Å²) in [5.74, 6) is 0. The number of nitrogens with zero attached hydrogens (tertiary/aromatic N) is 8. The molecule has 0 saturated heterocycles. The van der Waals surface area contributed by atoms with Gasteiger partial charge in [0.15, 0.2) is 45.5 Å². The number of pyridine rings is 4. The Hall–Kier alpha value is -12.5. The molecule has 0 N–H and O–H groups in total. The normalized spacial score (nSPS) is 13.4. The fraction of sp³-hybridized carbons (Fsp3) is 0.217. The number of aryl methyl sites for hydroxylation is 12. The SMILES string of the molecule is [2H]C([2H])([2H])c1ccc(-c2c(C)cc(C)c3c2oc2cc([N+]#[C-])ccc23)[n+](C)c1C.[2H]C([2H])([2H])c1ccc(-c2c(C)ccc3c2oc2c(C)c([N+]#[C-])ccc23)[n+](C)c1C.[2H]C([2H])([2H])c1ccc(-c2c(C)ccc3c2oc2cc([N+]#[C-])c(C)cc23)[n+](C)c1C.[2H]C([2H])([2H])c1ccc(-c2c(C)ccc3c2oc2cc([N+]#[C-])cc(C)c23)[n+](C)c1C. The molecule has 16 aromatic rings. The van der Waals surface area contributed by atoms with Crippen molar-refractivity contribution in [3.8, 4) is 45.0 Å². The van der Waals surface area contributed by atoms with Gasteiger partial charge in [-0.05, 0) is 170 Å². The first-order valence-corrected chi connectivity index (χ1v) is 33.9. The molecule has 0 amide bonds. The second-order valence-electron chi connectivity index (χ2n) is 27.0. The standard InChI is InChI=1S/4C23H21N2O/c1-13-7-10-19(25(6)16(13)4)22-15(3)11-14(2)21-18-9-8-17(24-5)12-20(18)26-23(21)22;1-13-8-12-20(25(6)16(13)4)21-14(2)7-9-18-17-10-11-19(24-5)15(3)22(17)26-23(18)21;1-13-8-10-19(25(6)16(13)4)22-14(2)7-9-18-21-15(3)11-17(24-5)12-20(21)26-23(18)22;1-13-8-10-20(25(6)16(13)4)22-14(2)7-9-17-18-11-15(3)19(24-5)12-21(18)26-23(17)22/h4*7-12H,1-4,6H3/q4*+1/i4*1D3. The molecule has 0 aliphatic heterocycles. The van der Waals surface area contributed by atoms with Crippen molar-refractivity contribution in [2.75, 3.05) is 0 Å². The zero-order chi connectivity index (χ0) is 84.3. The molecule has 12 heteroatoms. The van der Waals surface area contributed by atoms with Gasteiger partial charge in [0, 0.05) is 134 Å². The second kappa shape index (κ2) is 27.1. The van der Waals surface area contributed by atoms with Gasteiger partial charge in [-0.2, -0.15) is 18.3 Å². The van der Waals surface area contributed by atoms with Crippen LogP contribution in [0.4, 0.5) is 22.7 Å². The van der Waals surface area contributed by atoms with E-state index in [2.05, 4.69) is 50.6 Å². The van der Waals surface area contributed by atoms with Crippen LogP contribution in [0.1, 0.15) is 106 Å². The van der Waals surface area contributed by atoms with Crippen LogP contribution in [0.5, 0.6) is 0 Å². The number of aromatic nitrogens is 4. The minimum absolute atomic E-state index is 0.343. The maximum atomic E-state index is 7.78. The van der Waals surface area contributed by atoms with Crippen LogP contribution < -0.4 is 18.3 Å². The molecular formula is C92H84N8O4+4. The maximum Gasteiger partial charge on any atom is 0.216 e. The van der Waals surface area contributed by atoms with Crippen LogP contribution in [0, 0.1) is 137 Å². The summed E-state index contributed by atoms with van der Waals surface area (Å²) in [5, 5.41) is 7.92. The summed E-state index contributed by atoms with van der Waals surface area (Å²) in [6, 6.07) is 45.3. The van der Waals surface area contributed by atoms with E-state index in [1.807, 2.05) is 195 Å². The summed E-state index contributed by atoms with van der Waals surface area (Å²) in [4.78, 5) is 14.2. The molecule has 512 valence electrons. The average molecular weight is 1380 g/mol. The van der Waals surface area contributed by atoms with Gasteiger partial charge < -0.3 is 17.7 Å². The Labute approximate surface area is 624 Å².